The van der Waals surface area contributed by atoms with Crippen LogP contribution in [-0.4, -0.2) is 39.4 Å². The molecule has 0 radical (unpaired) electrons. The van der Waals surface area contributed by atoms with Crippen LogP contribution in [0.2, 0.25) is 0 Å². The molecule has 0 amide bonds. The SMILES string of the molecule is COc1ccc(OC)c(/C=C/C(=O)OCCOC(=O)c2ccccc2)c1. The Morgan fingerprint density at radius 2 is 1.65 bits per heavy atom. The van der Waals surface area contributed by atoms with Crippen LogP contribution < -0.4 is 9.47 Å². The molecular formula is C20H20O6. The van der Waals surface area contributed by atoms with Gasteiger partial charge in [-0.15, -0.1) is 0 Å². The third-order valence-corrected chi connectivity index (χ3v) is 3.41. The summed E-state index contributed by atoms with van der Waals surface area (Å²) in [5.74, 6) is 0.238. The van der Waals surface area contributed by atoms with Crippen LogP contribution in [0.5, 0.6) is 11.5 Å². The molecule has 0 aliphatic carbocycles. The van der Waals surface area contributed by atoms with Gasteiger partial charge >= 0.3 is 11.9 Å². The van der Waals surface area contributed by atoms with Crippen molar-refractivity contribution >= 4 is 18.0 Å². The monoisotopic (exact) mass is 356 g/mol. The molecule has 0 N–H and O–H groups in total. The summed E-state index contributed by atoms with van der Waals surface area (Å²) in [7, 11) is 3.10. The van der Waals surface area contributed by atoms with Crippen LogP contribution in [0.3, 0.4) is 0 Å². The molecule has 6 nitrogen and oxygen atoms in total. The molecule has 0 aliphatic rings. The van der Waals surface area contributed by atoms with E-state index in [4.69, 9.17) is 18.9 Å². The molecule has 0 unspecified atom stereocenters. The Bertz CT molecular complexity index is 767. The van der Waals surface area contributed by atoms with Gasteiger partial charge in [0.05, 0.1) is 19.8 Å². The second kappa shape index (κ2) is 9.88. The number of carbonyl (C=O) groups excluding carboxylic acids is 2. The highest BCUT2D eigenvalue weighted by molar-refractivity contribution is 5.89. The van der Waals surface area contributed by atoms with Crippen molar-refractivity contribution in [2.45, 2.75) is 0 Å². The fourth-order valence-electron chi connectivity index (χ4n) is 2.11. The Morgan fingerprint density at radius 1 is 0.923 bits per heavy atom. The lowest BCUT2D eigenvalue weighted by molar-refractivity contribution is -0.138. The Hall–Kier alpha value is -3.28. The Morgan fingerprint density at radius 3 is 2.35 bits per heavy atom. The van der Waals surface area contributed by atoms with Gasteiger partial charge in [0.2, 0.25) is 0 Å². The first-order valence-electron chi connectivity index (χ1n) is 7.93. The van der Waals surface area contributed by atoms with Gasteiger partial charge in [-0.25, -0.2) is 9.59 Å². The first-order valence-corrected chi connectivity index (χ1v) is 7.93. The number of hydrogen-bond acceptors (Lipinski definition) is 6. The lowest BCUT2D eigenvalue weighted by Crippen LogP contribution is -2.12. The molecule has 0 atom stereocenters. The predicted octanol–water partition coefficient (Wildman–Crippen LogP) is 3.12. The van der Waals surface area contributed by atoms with E-state index in [9.17, 15) is 9.59 Å². The number of esters is 2. The maximum absolute atomic E-state index is 11.8. The van der Waals surface area contributed by atoms with Gasteiger partial charge in [0, 0.05) is 11.6 Å². The third-order valence-electron chi connectivity index (χ3n) is 3.41. The molecule has 0 saturated carbocycles. The van der Waals surface area contributed by atoms with Crippen molar-refractivity contribution in [2.24, 2.45) is 0 Å². The number of hydrogen-bond donors (Lipinski definition) is 0. The highest BCUT2D eigenvalue weighted by atomic mass is 16.6. The third kappa shape index (κ3) is 5.66. The molecular weight excluding hydrogens is 336 g/mol. The number of methoxy groups -OCH3 is 2. The Balaban J connectivity index is 1.80. The molecule has 0 spiro atoms. The van der Waals surface area contributed by atoms with E-state index in [0.717, 1.165) is 0 Å². The van der Waals surface area contributed by atoms with Crippen molar-refractivity contribution in [1.82, 2.24) is 0 Å². The van der Waals surface area contributed by atoms with Gasteiger partial charge in [-0.2, -0.15) is 0 Å². The zero-order valence-corrected chi connectivity index (χ0v) is 14.6. The smallest absolute Gasteiger partial charge is 0.338 e. The van der Waals surface area contributed by atoms with Crippen molar-refractivity contribution in [1.29, 1.82) is 0 Å². The Kier molecular flexibility index (Phi) is 7.24. The van der Waals surface area contributed by atoms with Gasteiger partial charge in [-0.3, -0.25) is 0 Å². The van der Waals surface area contributed by atoms with Crippen molar-refractivity contribution in [3.05, 3.63) is 65.7 Å². The second-order valence-corrected chi connectivity index (χ2v) is 5.11. The van der Waals surface area contributed by atoms with Crippen LogP contribution in [0, 0.1) is 0 Å². The summed E-state index contributed by atoms with van der Waals surface area (Å²) in [6.45, 7) is -0.0488. The van der Waals surface area contributed by atoms with Gasteiger partial charge in [-0.05, 0) is 36.4 Å². The predicted molar refractivity (Wildman–Crippen MR) is 96.3 cm³/mol. The quantitative estimate of drug-likeness (QED) is 0.411. The molecule has 136 valence electrons. The minimum absolute atomic E-state index is 0.0181. The van der Waals surface area contributed by atoms with E-state index >= 15 is 0 Å². The van der Waals surface area contributed by atoms with E-state index in [0.29, 0.717) is 22.6 Å². The summed E-state index contributed by atoms with van der Waals surface area (Å²) < 4.78 is 20.4. The van der Waals surface area contributed by atoms with E-state index in [2.05, 4.69) is 0 Å². The molecule has 2 aromatic carbocycles. The van der Waals surface area contributed by atoms with Gasteiger partial charge in [0.25, 0.3) is 0 Å². The van der Waals surface area contributed by atoms with Crippen LogP contribution in [0.1, 0.15) is 15.9 Å². The average Bonchev–Trinajstić information content (AvgIpc) is 2.69. The first kappa shape index (κ1) is 19.1. The van der Waals surface area contributed by atoms with Gasteiger partial charge in [-0.1, -0.05) is 18.2 Å². The van der Waals surface area contributed by atoms with Crippen molar-refractivity contribution < 1.29 is 28.5 Å². The summed E-state index contributed by atoms with van der Waals surface area (Å²) in [6, 6.07) is 13.8. The molecule has 2 rings (SSSR count). The van der Waals surface area contributed by atoms with Gasteiger partial charge < -0.3 is 18.9 Å². The molecule has 0 bridgehead atoms. The minimum atomic E-state index is -0.550. The largest absolute Gasteiger partial charge is 0.497 e. The van der Waals surface area contributed by atoms with E-state index < -0.39 is 11.9 Å². The normalized spacial score (nSPS) is 10.4. The maximum atomic E-state index is 11.8. The lowest BCUT2D eigenvalue weighted by Gasteiger charge is -2.07. The van der Waals surface area contributed by atoms with Crippen molar-refractivity contribution in [3.63, 3.8) is 0 Å². The number of carbonyl (C=O) groups is 2. The van der Waals surface area contributed by atoms with Crippen molar-refractivity contribution in [2.75, 3.05) is 27.4 Å². The van der Waals surface area contributed by atoms with Gasteiger partial charge in [0.15, 0.2) is 0 Å². The van der Waals surface area contributed by atoms with Gasteiger partial charge in [0.1, 0.15) is 24.7 Å². The fraction of sp³-hybridized carbons (Fsp3) is 0.200. The molecule has 6 heteroatoms. The van der Waals surface area contributed by atoms with Crippen LogP contribution in [0.15, 0.2) is 54.6 Å². The summed E-state index contributed by atoms with van der Waals surface area (Å²) in [4.78, 5) is 23.5. The first-order chi connectivity index (χ1) is 12.6. The molecule has 0 heterocycles. The summed E-state index contributed by atoms with van der Waals surface area (Å²) in [5.41, 5.74) is 1.13. The summed E-state index contributed by atoms with van der Waals surface area (Å²) >= 11 is 0. The van der Waals surface area contributed by atoms with Crippen LogP contribution >= 0.6 is 0 Å². The topological polar surface area (TPSA) is 71.1 Å². The highest BCUT2D eigenvalue weighted by Crippen LogP contribution is 2.25. The summed E-state index contributed by atoms with van der Waals surface area (Å²) in [6.07, 6.45) is 2.84. The van der Waals surface area contributed by atoms with Crippen LogP contribution in [0.4, 0.5) is 0 Å². The van der Waals surface area contributed by atoms with Crippen LogP contribution in [0.25, 0.3) is 6.08 Å². The Labute approximate surface area is 151 Å². The second-order valence-electron chi connectivity index (χ2n) is 5.11. The lowest BCUT2D eigenvalue weighted by atomic mass is 10.1. The number of benzene rings is 2. The summed E-state index contributed by atoms with van der Waals surface area (Å²) in [5, 5.41) is 0. The van der Waals surface area contributed by atoms with E-state index in [1.54, 1.807) is 62.8 Å². The zero-order chi connectivity index (χ0) is 18.8. The number of ether oxygens (including phenoxy) is 4. The van der Waals surface area contributed by atoms with E-state index in [-0.39, 0.29) is 13.2 Å². The standard InChI is InChI=1S/C20H20O6/c1-23-17-9-10-18(24-2)16(14-17)8-11-19(21)25-12-13-26-20(22)15-6-4-3-5-7-15/h3-11,14H,12-13H2,1-2H3/b11-8+. The molecule has 0 fully saturated rings. The highest BCUT2D eigenvalue weighted by Gasteiger charge is 2.07. The van der Waals surface area contributed by atoms with E-state index in [1.807, 2.05) is 6.07 Å². The number of rotatable bonds is 8. The van der Waals surface area contributed by atoms with E-state index in [1.165, 1.54) is 6.08 Å². The molecule has 26 heavy (non-hydrogen) atoms. The molecule has 0 aromatic heterocycles. The fourth-order valence-corrected chi connectivity index (χ4v) is 2.11. The molecule has 0 saturated heterocycles. The molecule has 0 aliphatic heterocycles. The van der Waals surface area contributed by atoms with Crippen LogP contribution in [-0.2, 0) is 14.3 Å². The zero-order valence-electron chi connectivity index (χ0n) is 14.6. The minimum Gasteiger partial charge on any atom is -0.497 e. The average molecular weight is 356 g/mol. The molecule has 2 aromatic rings. The maximum Gasteiger partial charge on any atom is 0.338 e. The van der Waals surface area contributed by atoms with Crippen molar-refractivity contribution in [3.8, 4) is 11.5 Å².